The number of hydrogen-bond donors (Lipinski definition) is 1. The predicted octanol–water partition coefficient (Wildman–Crippen LogP) is 3.44. The van der Waals surface area contributed by atoms with Crippen molar-refractivity contribution in [3.05, 3.63) is 52.3 Å². The van der Waals surface area contributed by atoms with Crippen LogP contribution in [0.5, 0.6) is 0 Å². The van der Waals surface area contributed by atoms with Crippen LogP contribution < -0.4 is 10.5 Å². The number of carbonyl (C=O) groups excluding carboxylic acids is 1. The molecule has 1 aromatic carbocycles. The quantitative estimate of drug-likeness (QED) is 0.473. The fourth-order valence-electron chi connectivity index (χ4n) is 3.84. The number of benzene rings is 1. The van der Waals surface area contributed by atoms with Crippen molar-refractivity contribution in [3.8, 4) is 11.3 Å². The molecule has 0 bridgehead atoms. The highest BCUT2D eigenvalue weighted by atomic mass is 16.4. The molecule has 4 rings (SSSR count). The number of anilines is 1. The van der Waals surface area contributed by atoms with E-state index in [2.05, 4.69) is 15.0 Å². The number of fused-ring (bicyclic) bond motifs is 3. The first-order valence-corrected chi connectivity index (χ1v) is 10.1. The molecule has 0 aliphatic rings. The summed E-state index contributed by atoms with van der Waals surface area (Å²) in [7, 11) is 0. The largest absolute Gasteiger partial charge is 0.465 e. The second kappa shape index (κ2) is 7.51. The molecule has 1 N–H and O–H groups in total. The number of ketones is 1. The molecular formula is C23H24N6O4. The minimum atomic E-state index is -2.87. The Balaban J connectivity index is 2.06. The fourth-order valence-corrected chi connectivity index (χ4v) is 3.84. The second-order valence-electron chi connectivity index (χ2n) is 8.75. The summed E-state index contributed by atoms with van der Waals surface area (Å²) in [4.78, 5) is 51.3. The Hall–Kier alpha value is -4.08. The van der Waals surface area contributed by atoms with Gasteiger partial charge >= 0.3 is 6.09 Å². The number of aryl methyl sites for hydroxylation is 2. The van der Waals surface area contributed by atoms with Gasteiger partial charge in [-0.15, -0.1) is 0 Å². The second-order valence-corrected chi connectivity index (χ2v) is 8.75. The van der Waals surface area contributed by atoms with E-state index in [1.807, 2.05) is 0 Å². The zero-order valence-electron chi connectivity index (χ0n) is 21.7. The molecule has 33 heavy (non-hydrogen) atoms. The zero-order valence-corrected chi connectivity index (χ0v) is 18.7. The van der Waals surface area contributed by atoms with Gasteiger partial charge in [-0.3, -0.25) is 18.6 Å². The average molecular weight is 452 g/mol. The lowest BCUT2D eigenvalue weighted by atomic mass is 10.0. The molecule has 0 unspecified atom stereocenters. The van der Waals surface area contributed by atoms with Crippen molar-refractivity contribution in [3.63, 3.8) is 0 Å². The SMILES string of the molecule is [2H]C([2H])([2H])n1c(=O)c2cc(C)cc(C(C)=O)c2n2cnc(-c3cnc(N(C(=O)O)C(C)(C)C)nc3)c12. The van der Waals surface area contributed by atoms with Gasteiger partial charge in [-0.05, 0) is 52.3 Å². The third-order valence-electron chi connectivity index (χ3n) is 5.24. The minimum Gasteiger partial charge on any atom is -0.465 e. The van der Waals surface area contributed by atoms with Gasteiger partial charge in [0.25, 0.3) is 5.56 Å². The maximum Gasteiger partial charge on any atom is 0.414 e. The number of imidazole rings is 1. The topological polar surface area (TPSA) is 123 Å². The third-order valence-corrected chi connectivity index (χ3v) is 5.24. The Morgan fingerprint density at radius 3 is 2.36 bits per heavy atom. The highest BCUT2D eigenvalue weighted by molar-refractivity contribution is 6.06. The normalized spacial score (nSPS) is 13.5. The fraction of sp³-hybridized carbons (Fsp3) is 0.304. The summed E-state index contributed by atoms with van der Waals surface area (Å²) in [5.74, 6) is -0.370. The first-order valence-electron chi connectivity index (χ1n) is 11.6. The Bertz CT molecular complexity index is 1600. The standard InChI is InChI=1S/C23H24N6O4/c1-12-7-15(13(2)30)18-16(8-12)20(31)27(6)19-17(26-11-28(18)19)14-9-24-21(25-10-14)29(22(32)33)23(3,4)5/h7-11H,1-6H3,(H,32,33)/i6D3. The summed E-state index contributed by atoms with van der Waals surface area (Å²) >= 11 is 0. The van der Waals surface area contributed by atoms with Gasteiger partial charge < -0.3 is 5.11 Å². The molecule has 0 aliphatic carbocycles. The lowest BCUT2D eigenvalue weighted by Gasteiger charge is -2.30. The van der Waals surface area contributed by atoms with Gasteiger partial charge in [-0.1, -0.05) is 0 Å². The maximum atomic E-state index is 13.5. The number of aromatic nitrogens is 5. The van der Waals surface area contributed by atoms with Gasteiger partial charge in [0.05, 0.1) is 10.9 Å². The van der Waals surface area contributed by atoms with Crippen LogP contribution in [-0.4, -0.2) is 46.4 Å². The molecular weight excluding hydrogens is 424 g/mol. The van der Waals surface area contributed by atoms with Crippen LogP contribution in [-0.2, 0) is 6.98 Å². The van der Waals surface area contributed by atoms with Crippen LogP contribution >= 0.6 is 0 Å². The molecule has 0 aliphatic heterocycles. The van der Waals surface area contributed by atoms with Gasteiger partial charge in [0, 0.05) is 40.1 Å². The Labute approximate surface area is 193 Å². The zero-order chi connectivity index (χ0) is 26.7. The number of amides is 1. The average Bonchev–Trinajstić information content (AvgIpc) is 3.16. The van der Waals surface area contributed by atoms with Gasteiger partial charge in [0.1, 0.15) is 17.7 Å². The van der Waals surface area contributed by atoms with E-state index >= 15 is 0 Å². The summed E-state index contributed by atoms with van der Waals surface area (Å²) in [5, 5.41) is 9.68. The highest BCUT2D eigenvalue weighted by Crippen LogP contribution is 2.28. The molecule has 0 saturated carbocycles. The van der Waals surface area contributed by atoms with Crippen LogP contribution in [0, 0.1) is 6.92 Å². The van der Waals surface area contributed by atoms with Crippen LogP contribution in [0.15, 0.2) is 35.6 Å². The molecule has 0 atom stereocenters. The summed E-state index contributed by atoms with van der Waals surface area (Å²) in [5.41, 5.74) is -0.215. The van der Waals surface area contributed by atoms with Crippen molar-refractivity contribution < 1.29 is 18.8 Å². The van der Waals surface area contributed by atoms with E-state index in [1.54, 1.807) is 33.8 Å². The number of rotatable bonds is 3. The number of nitrogens with zero attached hydrogens (tertiary/aromatic N) is 6. The molecule has 170 valence electrons. The molecule has 10 heteroatoms. The molecule has 1 amide bonds. The highest BCUT2D eigenvalue weighted by Gasteiger charge is 2.30. The molecule has 0 saturated heterocycles. The van der Waals surface area contributed by atoms with Crippen LogP contribution in [0.2, 0.25) is 0 Å². The first-order chi connectivity index (χ1) is 16.6. The van der Waals surface area contributed by atoms with Crippen molar-refractivity contribution in [1.29, 1.82) is 0 Å². The number of hydrogen-bond acceptors (Lipinski definition) is 6. The lowest BCUT2D eigenvalue weighted by Crippen LogP contribution is -2.46. The van der Waals surface area contributed by atoms with Gasteiger partial charge in [0.2, 0.25) is 5.95 Å². The van der Waals surface area contributed by atoms with Crippen molar-refractivity contribution in [1.82, 2.24) is 23.9 Å². The molecule has 3 aromatic heterocycles. The van der Waals surface area contributed by atoms with Crippen molar-refractivity contribution in [2.75, 3.05) is 4.90 Å². The van der Waals surface area contributed by atoms with E-state index in [4.69, 9.17) is 4.11 Å². The van der Waals surface area contributed by atoms with Crippen LogP contribution in [0.4, 0.5) is 10.7 Å². The minimum absolute atomic E-state index is 0.0684. The first kappa shape index (κ1) is 18.5. The number of carboxylic acid groups (broad SMARTS) is 1. The van der Waals surface area contributed by atoms with E-state index in [0.29, 0.717) is 10.1 Å². The van der Waals surface area contributed by atoms with E-state index in [1.165, 1.54) is 36.1 Å². The van der Waals surface area contributed by atoms with E-state index in [0.717, 1.165) is 4.90 Å². The molecule has 4 aromatic rings. The number of carbonyl (C=O) groups is 2. The summed E-state index contributed by atoms with van der Waals surface area (Å²) < 4.78 is 26.2. The Kier molecular flexibility index (Phi) is 4.20. The van der Waals surface area contributed by atoms with Crippen molar-refractivity contribution in [2.24, 2.45) is 6.98 Å². The summed E-state index contributed by atoms with van der Waals surface area (Å²) in [6.07, 6.45) is 2.72. The van der Waals surface area contributed by atoms with Crippen LogP contribution in [0.3, 0.4) is 0 Å². The van der Waals surface area contributed by atoms with Crippen LogP contribution in [0.25, 0.3) is 27.8 Å². The summed E-state index contributed by atoms with van der Waals surface area (Å²) in [6, 6.07) is 3.17. The smallest absolute Gasteiger partial charge is 0.414 e. The van der Waals surface area contributed by atoms with Gasteiger partial charge in [-0.25, -0.2) is 24.6 Å². The molecule has 3 heterocycles. The summed E-state index contributed by atoms with van der Waals surface area (Å²) in [6.45, 7) is 5.28. The van der Waals surface area contributed by atoms with Crippen LogP contribution in [0.1, 0.15) is 47.7 Å². The van der Waals surface area contributed by atoms with E-state index in [9.17, 15) is 19.5 Å². The monoisotopic (exact) mass is 451 g/mol. The third kappa shape index (κ3) is 3.53. The molecule has 0 spiro atoms. The maximum absolute atomic E-state index is 13.5. The van der Waals surface area contributed by atoms with Crippen molar-refractivity contribution in [2.45, 2.75) is 40.2 Å². The molecule has 0 fully saturated rings. The Morgan fingerprint density at radius 2 is 1.82 bits per heavy atom. The number of Topliss-reactive ketones (excluding diaryl/α,β-unsaturated/α-hetero) is 1. The van der Waals surface area contributed by atoms with E-state index < -0.39 is 24.2 Å². The van der Waals surface area contributed by atoms with E-state index in [-0.39, 0.29) is 45.1 Å². The lowest BCUT2D eigenvalue weighted by molar-refractivity contribution is 0.101. The predicted molar refractivity (Wildman–Crippen MR) is 124 cm³/mol. The molecule has 0 radical (unpaired) electrons. The van der Waals surface area contributed by atoms with Gasteiger partial charge in [-0.2, -0.15) is 0 Å². The Morgan fingerprint density at radius 1 is 1.15 bits per heavy atom. The van der Waals surface area contributed by atoms with Gasteiger partial charge in [0.15, 0.2) is 5.78 Å². The molecule has 10 nitrogen and oxygen atoms in total. The van der Waals surface area contributed by atoms with Crippen molar-refractivity contribution >= 4 is 34.4 Å².